The molecule has 1 fully saturated rings. The monoisotopic (exact) mass is 386 g/mol. The van der Waals surface area contributed by atoms with Crippen molar-refractivity contribution < 1.29 is 14.7 Å². The number of benzene rings is 2. The van der Waals surface area contributed by atoms with E-state index < -0.39 is 5.97 Å². The van der Waals surface area contributed by atoms with Crippen molar-refractivity contribution >= 4 is 29.2 Å². The SMILES string of the molecule is CC1CC(C(=O)O)CN(Cc2cccc(NC(=O)c3ccccc3Cl)c2)C1. The predicted octanol–water partition coefficient (Wildman–Crippen LogP) is 4.13. The minimum absolute atomic E-state index is 0.254. The number of halogens is 1. The quantitative estimate of drug-likeness (QED) is 0.810. The molecule has 6 heteroatoms. The number of carbonyl (C=O) groups is 2. The average Bonchev–Trinajstić information content (AvgIpc) is 2.61. The van der Waals surface area contributed by atoms with E-state index in [0.29, 0.717) is 35.3 Å². The molecular formula is C21H23ClN2O3. The van der Waals surface area contributed by atoms with E-state index >= 15 is 0 Å². The Labute approximate surface area is 163 Å². The molecule has 0 spiro atoms. The van der Waals surface area contributed by atoms with Crippen molar-refractivity contribution in [2.24, 2.45) is 11.8 Å². The molecule has 0 saturated carbocycles. The number of amides is 1. The summed E-state index contributed by atoms with van der Waals surface area (Å²) in [6, 6.07) is 14.5. The number of carbonyl (C=O) groups excluding carboxylic acids is 1. The van der Waals surface area contributed by atoms with Crippen molar-refractivity contribution in [3.8, 4) is 0 Å². The molecule has 0 aromatic heterocycles. The molecule has 1 aliphatic heterocycles. The number of rotatable bonds is 5. The van der Waals surface area contributed by atoms with Crippen LogP contribution >= 0.6 is 11.6 Å². The van der Waals surface area contributed by atoms with Gasteiger partial charge in [-0.15, -0.1) is 0 Å². The Morgan fingerprint density at radius 1 is 1.19 bits per heavy atom. The third-order valence-corrected chi connectivity index (χ3v) is 5.12. The molecule has 0 aliphatic carbocycles. The van der Waals surface area contributed by atoms with Crippen molar-refractivity contribution in [2.75, 3.05) is 18.4 Å². The first-order chi connectivity index (χ1) is 12.9. The van der Waals surface area contributed by atoms with Gasteiger partial charge in [0, 0.05) is 25.3 Å². The minimum Gasteiger partial charge on any atom is -0.481 e. The Morgan fingerprint density at radius 2 is 1.96 bits per heavy atom. The fraction of sp³-hybridized carbons (Fsp3) is 0.333. The predicted molar refractivity (Wildman–Crippen MR) is 106 cm³/mol. The standard InChI is InChI=1S/C21H23ClN2O3/c1-14-9-16(21(26)27)13-24(11-14)12-15-5-4-6-17(10-15)23-20(25)18-7-2-3-8-19(18)22/h2-8,10,14,16H,9,11-13H2,1H3,(H,23,25)(H,26,27). The molecule has 2 aromatic carbocycles. The molecule has 27 heavy (non-hydrogen) atoms. The number of piperidine rings is 1. The molecule has 3 rings (SSSR count). The summed E-state index contributed by atoms with van der Waals surface area (Å²) in [4.78, 5) is 25.9. The zero-order valence-electron chi connectivity index (χ0n) is 15.2. The van der Waals surface area contributed by atoms with Crippen LogP contribution in [0.2, 0.25) is 5.02 Å². The summed E-state index contributed by atoms with van der Waals surface area (Å²) in [6.45, 7) is 4.17. The summed E-state index contributed by atoms with van der Waals surface area (Å²) in [5, 5.41) is 12.6. The highest BCUT2D eigenvalue weighted by molar-refractivity contribution is 6.34. The molecule has 5 nitrogen and oxygen atoms in total. The molecule has 1 aliphatic rings. The van der Waals surface area contributed by atoms with E-state index in [2.05, 4.69) is 17.1 Å². The van der Waals surface area contributed by atoms with Crippen LogP contribution in [0.15, 0.2) is 48.5 Å². The van der Waals surface area contributed by atoms with Crippen LogP contribution in [0.4, 0.5) is 5.69 Å². The number of nitrogens with zero attached hydrogens (tertiary/aromatic N) is 1. The van der Waals surface area contributed by atoms with E-state index in [-0.39, 0.29) is 11.8 Å². The van der Waals surface area contributed by atoms with Crippen LogP contribution in [0.5, 0.6) is 0 Å². The Balaban J connectivity index is 1.68. The van der Waals surface area contributed by atoms with Gasteiger partial charge in [-0.05, 0) is 42.2 Å². The van der Waals surface area contributed by atoms with Crippen LogP contribution in [-0.2, 0) is 11.3 Å². The van der Waals surface area contributed by atoms with Gasteiger partial charge in [-0.1, -0.05) is 42.8 Å². The van der Waals surface area contributed by atoms with Gasteiger partial charge in [-0.3, -0.25) is 14.5 Å². The van der Waals surface area contributed by atoms with Crippen molar-refractivity contribution in [3.63, 3.8) is 0 Å². The number of aliphatic carboxylic acids is 1. The molecule has 0 bridgehead atoms. The van der Waals surface area contributed by atoms with Gasteiger partial charge in [0.1, 0.15) is 0 Å². The fourth-order valence-electron chi connectivity index (χ4n) is 3.62. The minimum atomic E-state index is -0.729. The van der Waals surface area contributed by atoms with Crippen molar-refractivity contribution in [2.45, 2.75) is 19.9 Å². The first kappa shape index (κ1) is 19.4. The van der Waals surface area contributed by atoms with Gasteiger partial charge in [-0.25, -0.2) is 0 Å². The second kappa shape index (κ2) is 8.55. The Bertz CT molecular complexity index is 840. The van der Waals surface area contributed by atoms with Crippen LogP contribution < -0.4 is 5.32 Å². The molecule has 2 aromatic rings. The molecule has 1 heterocycles. The van der Waals surface area contributed by atoms with E-state index in [9.17, 15) is 14.7 Å². The zero-order valence-corrected chi connectivity index (χ0v) is 15.9. The fourth-order valence-corrected chi connectivity index (χ4v) is 3.84. The number of hydrogen-bond acceptors (Lipinski definition) is 3. The lowest BCUT2D eigenvalue weighted by molar-refractivity contribution is -0.144. The van der Waals surface area contributed by atoms with Gasteiger partial charge in [-0.2, -0.15) is 0 Å². The highest BCUT2D eigenvalue weighted by Crippen LogP contribution is 2.24. The average molecular weight is 387 g/mol. The maximum absolute atomic E-state index is 12.4. The molecule has 1 amide bonds. The third kappa shape index (κ3) is 5.08. The summed E-state index contributed by atoms with van der Waals surface area (Å²) in [7, 11) is 0. The Hall–Kier alpha value is -2.37. The van der Waals surface area contributed by atoms with Crippen molar-refractivity contribution in [1.82, 2.24) is 4.90 Å². The molecule has 142 valence electrons. The van der Waals surface area contributed by atoms with Crippen molar-refractivity contribution in [3.05, 3.63) is 64.7 Å². The first-order valence-corrected chi connectivity index (χ1v) is 9.40. The van der Waals surface area contributed by atoms with E-state index in [1.54, 1.807) is 24.3 Å². The lowest BCUT2D eigenvalue weighted by atomic mass is 9.90. The molecular weight excluding hydrogens is 364 g/mol. The van der Waals surface area contributed by atoms with E-state index in [1.165, 1.54) is 0 Å². The Morgan fingerprint density at radius 3 is 2.70 bits per heavy atom. The van der Waals surface area contributed by atoms with Crippen LogP contribution in [-0.4, -0.2) is 35.0 Å². The summed E-state index contributed by atoms with van der Waals surface area (Å²) < 4.78 is 0. The Kier molecular flexibility index (Phi) is 6.14. The van der Waals surface area contributed by atoms with Crippen LogP contribution in [0.3, 0.4) is 0 Å². The van der Waals surface area contributed by atoms with Crippen LogP contribution in [0.1, 0.15) is 29.3 Å². The summed E-state index contributed by atoms with van der Waals surface area (Å²) in [6.07, 6.45) is 0.722. The third-order valence-electron chi connectivity index (χ3n) is 4.79. The zero-order chi connectivity index (χ0) is 19.4. The number of hydrogen-bond donors (Lipinski definition) is 2. The first-order valence-electron chi connectivity index (χ1n) is 9.02. The van der Waals surface area contributed by atoms with Gasteiger partial charge in [0.05, 0.1) is 16.5 Å². The van der Waals surface area contributed by atoms with E-state index in [4.69, 9.17) is 11.6 Å². The highest BCUT2D eigenvalue weighted by Gasteiger charge is 2.29. The molecule has 2 N–H and O–H groups in total. The number of carboxylic acids is 1. The second-order valence-corrected chi connectivity index (χ2v) is 7.61. The largest absolute Gasteiger partial charge is 0.481 e. The van der Waals surface area contributed by atoms with Gasteiger partial charge in [0.2, 0.25) is 0 Å². The summed E-state index contributed by atoms with van der Waals surface area (Å²) in [5.41, 5.74) is 2.15. The van der Waals surface area contributed by atoms with Gasteiger partial charge in [0.25, 0.3) is 5.91 Å². The maximum Gasteiger partial charge on any atom is 0.307 e. The number of likely N-dealkylation sites (tertiary alicyclic amines) is 1. The summed E-state index contributed by atoms with van der Waals surface area (Å²) in [5.74, 6) is -0.956. The smallest absolute Gasteiger partial charge is 0.307 e. The lowest BCUT2D eigenvalue weighted by Gasteiger charge is -2.34. The normalized spacial score (nSPS) is 20.2. The molecule has 2 unspecified atom stereocenters. The topological polar surface area (TPSA) is 69.6 Å². The second-order valence-electron chi connectivity index (χ2n) is 7.20. The van der Waals surface area contributed by atoms with E-state index in [1.807, 2.05) is 24.3 Å². The molecule has 0 radical (unpaired) electrons. The number of carboxylic acid groups (broad SMARTS) is 1. The van der Waals surface area contributed by atoms with Gasteiger partial charge < -0.3 is 10.4 Å². The summed E-state index contributed by atoms with van der Waals surface area (Å²) >= 11 is 6.08. The van der Waals surface area contributed by atoms with E-state index in [0.717, 1.165) is 18.5 Å². The highest BCUT2D eigenvalue weighted by atomic mass is 35.5. The number of nitrogens with one attached hydrogen (secondary N) is 1. The number of anilines is 1. The van der Waals surface area contributed by atoms with Gasteiger partial charge >= 0.3 is 5.97 Å². The molecule has 1 saturated heterocycles. The maximum atomic E-state index is 12.4. The van der Waals surface area contributed by atoms with Gasteiger partial charge in [0.15, 0.2) is 0 Å². The van der Waals surface area contributed by atoms with Crippen LogP contribution in [0.25, 0.3) is 0 Å². The lowest BCUT2D eigenvalue weighted by Crippen LogP contribution is -2.41. The van der Waals surface area contributed by atoms with Crippen LogP contribution in [0, 0.1) is 11.8 Å². The van der Waals surface area contributed by atoms with Crippen molar-refractivity contribution in [1.29, 1.82) is 0 Å². The molecule has 2 atom stereocenters.